The summed E-state index contributed by atoms with van der Waals surface area (Å²) < 4.78 is 9.20. The lowest BCUT2D eigenvalue weighted by atomic mass is 10.4. The van der Waals surface area contributed by atoms with Crippen LogP contribution in [0.1, 0.15) is 13.3 Å². The zero-order valence-corrected chi connectivity index (χ0v) is 11.4. The van der Waals surface area contributed by atoms with E-state index in [-0.39, 0.29) is 19.6 Å². The lowest BCUT2D eigenvalue weighted by Gasteiger charge is -2.16. The Labute approximate surface area is 115 Å². The Balaban J connectivity index is 3.91. The highest BCUT2D eigenvalue weighted by Gasteiger charge is 2.14. The van der Waals surface area contributed by atoms with Crippen LogP contribution in [0.25, 0.3) is 0 Å². The van der Waals surface area contributed by atoms with Crippen LogP contribution in [0.2, 0.25) is 0 Å². The third-order valence-electron chi connectivity index (χ3n) is 2.01. The molecule has 0 aliphatic heterocycles. The molecule has 0 saturated heterocycles. The van der Waals surface area contributed by atoms with Crippen molar-refractivity contribution in [3.05, 3.63) is 0 Å². The van der Waals surface area contributed by atoms with Gasteiger partial charge in [0, 0.05) is 13.6 Å². The molecule has 0 radical (unpaired) electrons. The third kappa shape index (κ3) is 8.86. The van der Waals surface area contributed by atoms with E-state index in [9.17, 15) is 19.2 Å². The van der Waals surface area contributed by atoms with Gasteiger partial charge in [-0.05, 0) is 6.92 Å². The largest absolute Gasteiger partial charge is 0.480 e. The number of esters is 1. The number of urea groups is 1. The molecule has 9 nitrogen and oxygen atoms in total. The first-order valence-electron chi connectivity index (χ1n) is 5.87. The molecule has 3 amide bonds. The number of hydrogen-bond donors (Lipinski definition) is 2. The summed E-state index contributed by atoms with van der Waals surface area (Å²) in [7, 11) is 1.40. The fourth-order valence-corrected chi connectivity index (χ4v) is 1.08. The molecule has 0 bridgehead atoms. The highest BCUT2D eigenvalue weighted by molar-refractivity contribution is 5.95. The number of nitrogens with zero attached hydrogens (tertiary/aromatic N) is 1. The molecule has 20 heavy (non-hydrogen) atoms. The first-order valence-corrected chi connectivity index (χ1v) is 5.87. The van der Waals surface area contributed by atoms with Crippen molar-refractivity contribution in [1.29, 1.82) is 0 Å². The van der Waals surface area contributed by atoms with Gasteiger partial charge in [0.2, 0.25) is 0 Å². The predicted octanol–water partition coefficient (Wildman–Crippen LogP) is -0.791. The maximum absolute atomic E-state index is 11.5. The van der Waals surface area contributed by atoms with Gasteiger partial charge in [0.15, 0.2) is 0 Å². The van der Waals surface area contributed by atoms with E-state index in [0.29, 0.717) is 0 Å². The van der Waals surface area contributed by atoms with E-state index in [1.165, 1.54) is 7.05 Å². The second kappa shape index (κ2) is 9.73. The summed E-state index contributed by atoms with van der Waals surface area (Å²) >= 11 is 0. The molecule has 0 aliphatic carbocycles. The molecule has 2 N–H and O–H groups in total. The van der Waals surface area contributed by atoms with Gasteiger partial charge in [-0.2, -0.15) is 0 Å². The minimum atomic E-state index is -1.21. The summed E-state index contributed by atoms with van der Waals surface area (Å²) in [6.07, 6.45) is 0.0153. The van der Waals surface area contributed by atoms with E-state index >= 15 is 0 Å². The van der Waals surface area contributed by atoms with Crippen LogP contribution in [0.5, 0.6) is 0 Å². The summed E-state index contributed by atoms with van der Waals surface area (Å²) in [4.78, 5) is 45.0. The lowest BCUT2D eigenvalue weighted by Crippen LogP contribution is -2.43. The molecule has 0 fully saturated rings. The quantitative estimate of drug-likeness (QED) is 0.561. The van der Waals surface area contributed by atoms with E-state index in [1.54, 1.807) is 6.92 Å². The van der Waals surface area contributed by atoms with Gasteiger partial charge in [-0.1, -0.05) is 0 Å². The Morgan fingerprint density at radius 3 is 2.40 bits per heavy atom. The zero-order chi connectivity index (χ0) is 15.5. The standard InChI is InChI=1S/C11H18N2O7/c1-3-20-10(17)4-5-13(2)11(18)12-8(14)6-19-7-9(15)16/h3-7H2,1-2H3,(H,15,16)(H,12,14,18). The summed E-state index contributed by atoms with van der Waals surface area (Å²) in [6.45, 7) is 0.857. The number of nitrogens with one attached hydrogen (secondary N) is 1. The van der Waals surface area contributed by atoms with Gasteiger partial charge in [0.05, 0.1) is 13.0 Å². The summed E-state index contributed by atoms with van der Waals surface area (Å²) in [5.74, 6) is -2.42. The molecular weight excluding hydrogens is 272 g/mol. The van der Waals surface area contributed by atoms with Crippen molar-refractivity contribution in [2.75, 3.05) is 33.4 Å². The Morgan fingerprint density at radius 1 is 1.20 bits per heavy atom. The maximum Gasteiger partial charge on any atom is 0.329 e. The van der Waals surface area contributed by atoms with E-state index in [1.807, 2.05) is 5.32 Å². The Hall–Kier alpha value is -2.16. The molecule has 0 aromatic carbocycles. The number of carbonyl (C=O) groups is 4. The van der Waals surface area contributed by atoms with Gasteiger partial charge in [-0.15, -0.1) is 0 Å². The number of hydrogen-bond acceptors (Lipinski definition) is 6. The first kappa shape index (κ1) is 17.8. The average molecular weight is 290 g/mol. The fraction of sp³-hybridized carbons (Fsp3) is 0.636. The van der Waals surface area contributed by atoms with Crippen molar-refractivity contribution in [2.45, 2.75) is 13.3 Å². The van der Waals surface area contributed by atoms with Crippen LogP contribution in [0.15, 0.2) is 0 Å². The van der Waals surface area contributed by atoms with Crippen LogP contribution in [0.3, 0.4) is 0 Å². The van der Waals surface area contributed by atoms with E-state index in [4.69, 9.17) is 5.11 Å². The molecule has 0 aliphatic rings. The smallest absolute Gasteiger partial charge is 0.329 e. The number of aliphatic carboxylic acids is 1. The molecule has 0 spiro atoms. The number of rotatable bonds is 8. The highest BCUT2D eigenvalue weighted by Crippen LogP contribution is 1.92. The Morgan fingerprint density at radius 2 is 1.85 bits per heavy atom. The third-order valence-corrected chi connectivity index (χ3v) is 2.01. The molecule has 0 saturated carbocycles. The number of imide groups is 1. The molecule has 9 heteroatoms. The second-order valence-corrected chi connectivity index (χ2v) is 3.72. The van der Waals surface area contributed by atoms with Gasteiger partial charge in [0.25, 0.3) is 5.91 Å². The molecule has 0 atom stereocenters. The SMILES string of the molecule is CCOC(=O)CCN(C)C(=O)NC(=O)COCC(=O)O. The van der Waals surface area contributed by atoms with Gasteiger partial charge in [0.1, 0.15) is 13.2 Å². The number of carbonyl (C=O) groups excluding carboxylic acids is 3. The van der Waals surface area contributed by atoms with Crippen LogP contribution in [-0.4, -0.2) is 67.3 Å². The normalized spacial score (nSPS) is 9.70. The van der Waals surface area contributed by atoms with Crippen LogP contribution >= 0.6 is 0 Å². The summed E-state index contributed by atoms with van der Waals surface area (Å²) in [5, 5.41) is 10.3. The van der Waals surface area contributed by atoms with Gasteiger partial charge < -0.3 is 19.5 Å². The van der Waals surface area contributed by atoms with Crippen molar-refractivity contribution in [2.24, 2.45) is 0 Å². The van der Waals surface area contributed by atoms with Gasteiger partial charge in [-0.25, -0.2) is 9.59 Å². The van der Waals surface area contributed by atoms with E-state index in [0.717, 1.165) is 4.90 Å². The molecule has 0 heterocycles. The summed E-state index contributed by atoms with van der Waals surface area (Å²) in [6, 6.07) is -0.710. The summed E-state index contributed by atoms with van der Waals surface area (Å²) in [5.41, 5.74) is 0. The maximum atomic E-state index is 11.5. The number of ether oxygens (including phenoxy) is 2. The minimum Gasteiger partial charge on any atom is -0.480 e. The number of carboxylic acid groups (broad SMARTS) is 1. The van der Waals surface area contributed by atoms with Crippen molar-refractivity contribution >= 4 is 23.9 Å². The molecule has 114 valence electrons. The van der Waals surface area contributed by atoms with Crippen LogP contribution < -0.4 is 5.32 Å². The van der Waals surface area contributed by atoms with Crippen molar-refractivity contribution in [3.8, 4) is 0 Å². The van der Waals surface area contributed by atoms with Crippen LogP contribution in [-0.2, 0) is 23.9 Å². The topological polar surface area (TPSA) is 122 Å². The molecule has 0 rings (SSSR count). The van der Waals surface area contributed by atoms with Crippen molar-refractivity contribution in [1.82, 2.24) is 10.2 Å². The lowest BCUT2D eigenvalue weighted by molar-refractivity contribution is -0.144. The van der Waals surface area contributed by atoms with E-state index < -0.39 is 37.1 Å². The average Bonchev–Trinajstić information content (AvgIpc) is 2.35. The fourth-order valence-electron chi connectivity index (χ4n) is 1.08. The number of amides is 3. The first-order chi connectivity index (χ1) is 9.36. The Kier molecular flexibility index (Phi) is 8.68. The van der Waals surface area contributed by atoms with Gasteiger partial charge >= 0.3 is 18.0 Å². The van der Waals surface area contributed by atoms with Crippen LogP contribution in [0, 0.1) is 0 Å². The predicted molar refractivity (Wildman–Crippen MR) is 65.9 cm³/mol. The number of carboxylic acids is 1. The van der Waals surface area contributed by atoms with Crippen LogP contribution in [0.4, 0.5) is 4.79 Å². The second-order valence-electron chi connectivity index (χ2n) is 3.72. The molecular formula is C11H18N2O7. The zero-order valence-electron chi connectivity index (χ0n) is 11.4. The van der Waals surface area contributed by atoms with Crippen molar-refractivity contribution in [3.63, 3.8) is 0 Å². The molecule has 0 unspecified atom stereocenters. The molecule has 0 aromatic rings. The minimum absolute atomic E-state index is 0.0153. The van der Waals surface area contributed by atoms with Gasteiger partial charge in [-0.3, -0.25) is 14.9 Å². The van der Waals surface area contributed by atoms with Crippen molar-refractivity contribution < 1.29 is 33.8 Å². The van der Waals surface area contributed by atoms with E-state index in [2.05, 4.69) is 9.47 Å². The monoisotopic (exact) mass is 290 g/mol. The molecule has 0 aromatic heterocycles. The highest BCUT2D eigenvalue weighted by atomic mass is 16.5. The Bertz CT molecular complexity index is 370.